The van der Waals surface area contributed by atoms with Crippen molar-refractivity contribution in [3.63, 3.8) is 0 Å². The number of allylic oxidation sites excluding steroid dienone is 2. The predicted molar refractivity (Wildman–Crippen MR) is 60.7 cm³/mol. The van der Waals surface area contributed by atoms with Gasteiger partial charge in [0.1, 0.15) is 11.6 Å². The first-order chi connectivity index (χ1) is 7.22. The second-order valence-electron chi connectivity index (χ2n) is 3.62. The lowest BCUT2D eigenvalue weighted by Gasteiger charge is -2.16. The third-order valence-corrected chi connectivity index (χ3v) is 2.55. The summed E-state index contributed by atoms with van der Waals surface area (Å²) in [4.78, 5) is 4.27. The molecular weight excluding hydrogens is 188 g/mol. The maximum atomic E-state index is 7.44. The van der Waals surface area contributed by atoms with Crippen LogP contribution in [-0.2, 0) is 6.42 Å². The molecule has 1 aliphatic rings. The summed E-state index contributed by atoms with van der Waals surface area (Å²) in [7, 11) is 0. The Bertz CT molecular complexity index is 452. The molecule has 0 unspecified atom stereocenters. The molecule has 1 heterocycles. The summed E-state index contributed by atoms with van der Waals surface area (Å²) in [5.74, 6) is 1.32. The van der Waals surface area contributed by atoms with E-state index < -0.39 is 0 Å². The number of amidine groups is 1. The van der Waals surface area contributed by atoms with Gasteiger partial charge in [-0.3, -0.25) is 5.41 Å². The molecule has 0 atom stereocenters. The van der Waals surface area contributed by atoms with E-state index in [1.807, 2.05) is 13.0 Å². The molecule has 78 valence electrons. The van der Waals surface area contributed by atoms with E-state index in [-0.39, 0.29) is 0 Å². The van der Waals surface area contributed by atoms with Crippen LogP contribution < -0.4 is 0 Å². The van der Waals surface area contributed by atoms with E-state index in [0.717, 1.165) is 29.9 Å². The number of aryl methyl sites for hydroxylation is 1. The molecule has 1 N–H and O–H groups in total. The second kappa shape index (κ2) is 3.85. The fraction of sp³-hybridized carbons (Fsp3) is 0.333. The SMILES string of the molecule is C/C=C1/CCc2occc2C1=NC(C)=N. The van der Waals surface area contributed by atoms with E-state index in [4.69, 9.17) is 9.83 Å². The van der Waals surface area contributed by atoms with Crippen molar-refractivity contribution >= 4 is 11.5 Å². The molecule has 3 heteroatoms. The van der Waals surface area contributed by atoms with Crippen LogP contribution in [0.4, 0.5) is 0 Å². The number of nitrogens with one attached hydrogen (secondary N) is 1. The average molecular weight is 202 g/mol. The Balaban J connectivity index is 2.54. The molecule has 3 nitrogen and oxygen atoms in total. The van der Waals surface area contributed by atoms with Crippen molar-refractivity contribution in [3.8, 4) is 0 Å². The molecule has 0 saturated heterocycles. The summed E-state index contributed by atoms with van der Waals surface area (Å²) in [6, 6.07) is 1.93. The van der Waals surface area contributed by atoms with Gasteiger partial charge in [0.15, 0.2) is 0 Å². The van der Waals surface area contributed by atoms with Gasteiger partial charge in [0, 0.05) is 12.0 Å². The Morgan fingerprint density at radius 3 is 3.00 bits per heavy atom. The van der Waals surface area contributed by atoms with Gasteiger partial charge in [-0.05, 0) is 31.9 Å². The summed E-state index contributed by atoms with van der Waals surface area (Å²) in [6.45, 7) is 3.70. The largest absolute Gasteiger partial charge is 0.469 e. The monoisotopic (exact) mass is 202 g/mol. The molecule has 0 bridgehead atoms. The van der Waals surface area contributed by atoms with Crippen LogP contribution in [0.3, 0.4) is 0 Å². The van der Waals surface area contributed by atoms with Crippen LogP contribution in [-0.4, -0.2) is 11.5 Å². The highest BCUT2D eigenvalue weighted by molar-refractivity contribution is 6.17. The van der Waals surface area contributed by atoms with Crippen LogP contribution in [0.2, 0.25) is 0 Å². The van der Waals surface area contributed by atoms with E-state index >= 15 is 0 Å². The van der Waals surface area contributed by atoms with Crippen LogP contribution in [0.25, 0.3) is 0 Å². The smallest absolute Gasteiger partial charge is 0.118 e. The van der Waals surface area contributed by atoms with Crippen molar-refractivity contribution in [2.45, 2.75) is 26.7 Å². The quantitative estimate of drug-likeness (QED) is 0.510. The Morgan fingerprint density at radius 1 is 1.53 bits per heavy atom. The van der Waals surface area contributed by atoms with Crippen molar-refractivity contribution in [2.75, 3.05) is 0 Å². The van der Waals surface area contributed by atoms with Gasteiger partial charge in [0.2, 0.25) is 0 Å². The molecule has 0 saturated carbocycles. The lowest BCUT2D eigenvalue weighted by molar-refractivity contribution is 0.506. The molecule has 0 aliphatic heterocycles. The highest BCUT2D eigenvalue weighted by Gasteiger charge is 2.21. The highest BCUT2D eigenvalue weighted by atomic mass is 16.3. The Labute approximate surface area is 89.0 Å². The molecular formula is C12H14N2O. The summed E-state index contributed by atoms with van der Waals surface area (Å²) in [5.41, 5.74) is 3.15. The molecule has 2 rings (SSSR count). The van der Waals surface area contributed by atoms with Gasteiger partial charge in [-0.25, -0.2) is 4.99 Å². The lowest BCUT2D eigenvalue weighted by atomic mass is 9.91. The number of rotatable bonds is 0. The standard InChI is InChI=1S/C12H14N2O/c1-3-9-4-5-11-10(6-7-15-11)12(9)14-8(2)13/h3,6-7,13H,4-5H2,1-2H3/b9-3-,13-8?,14-12?. The molecule has 15 heavy (non-hydrogen) atoms. The maximum absolute atomic E-state index is 7.44. The molecule has 1 aliphatic carbocycles. The fourth-order valence-corrected chi connectivity index (χ4v) is 1.87. The Hall–Kier alpha value is -1.64. The molecule has 0 radical (unpaired) electrons. The summed E-state index contributed by atoms with van der Waals surface area (Å²) >= 11 is 0. The third kappa shape index (κ3) is 1.77. The predicted octanol–water partition coefficient (Wildman–Crippen LogP) is 2.96. The van der Waals surface area contributed by atoms with Gasteiger partial charge in [-0.1, -0.05) is 6.08 Å². The van der Waals surface area contributed by atoms with Crippen LogP contribution in [0.15, 0.2) is 33.4 Å². The van der Waals surface area contributed by atoms with E-state index in [1.54, 1.807) is 13.2 Å². The second-order valence-corrected chi connectivity index (χ2v) is 3.62. The normalized spacial score (nSPS) is 20.7. The molecule has 1 aromatic rings. The van der Waals surface area contributed by atoms with E-state index in [2.05, 4.69) is 11.1 Å². The first-order valence-corrected chi connectivity index (χ1v) is 5.08. The van der Waals surface area contributed by atoms with Crippen LogP contribution in [0, 0.1) is 5.41 Å². The van der Waals surface area contributed by atoms with Gasteiger partial charge < -0.3 is 4.42 Å². The fourth-order valence-electron chi connectivity index (χ4n) is 1.87. The topological polar surface area (TPSA) is 49.4 Å². The zero-order valence-electron chi connectivity index (χ0n) is 9.00. The van der Waals surface area contributed by atoms with E-state index in [0.29, 0.717) is 5.84 Å². The minimum absolute atomic E-state index is 0.332. The van der Waals surface area contributed by atoms with Crippen molar-refractivity contribution in [1.29, 1.82) is 5.41 Å². The summed E-state index contributed by atoms with van der Waals surface area (Å²) in [6.07, 6.45) is 5.64. The Kier molecular flexibility index (Phi) is 2.54. The Morgan fingerprint density at radius 2 is 2.33 bits per heavy atom. The zero-order chi connectivity index (χ0) is 10.8. The number of aliphatic imine (C=N–C) groups is 1. The molecule has 0 spiro atoms. The number of fused-ring (bicyclic) bond motifs is 1. The van der Waals surface area contributed by atoms with Crippen molar-refractivity contribution in [3.05, 3.63) is 35.3 Å². The summed E-state index contributed by atoms with van der Waals surface area (Å²) < 4.78 is 5.38. The van der Waals surface area contributed by atoms with Crippen LogP contribution >= 0.6 is 0 Å². The lowest BCUT2D eigenvalue weighted by Crippen LogP contribution is -2.14. The van der Waals surface area contributed by atoms with Gasteiger partial charge in [0.05, 0.1) is 12.0 Å². The molecule has 0 fully saturated rings. The number of furan rings is 1. The van der Waals surface area contributed by atoms with Crippen molar-refractivity contribution in [1.82, 2.24) is 0 Å². The van der Waals surface area contributed by atoms with E-state index in [9.17, 15) is 0 Å². The van der Waals surface area contributed by atoms with Gasteiger partial charge >= 0.3 is 0 Å². The van der Waals surface area contributed by atoms with Crippen LogP contribution in [0.1, 0.15) is 31.6 Å². The first kappa shape index (κ1) is 9.90. The highest BCUT2D eigenvalue weighted by Crippen LogP contribution is 2.26. The van der Waals surface area contributed by atoms with Gasteiger partial charge in [-0.2, -0.15) is 0 Å². The third-order valence-electron chi connectivity index (χ3n) is 2.55. The van der Waals surface area contributed by atoms with Gasteiger partial charge in [-0.15, -0.1) is 0 Å². The van der Waals surface area contributed by atoms with Crippen LogP contribution in [0.5, 0.6) is 0 Å². The van der Waals surface area contributed by atoms with Crippen molar-refractivity contribution < 1.29 is 4.42 Å². The number of hydrogen-bond acceptors (Lipinski definition) is 2. The van der Waals surface area contributed by atoms with Gasteiger partial charge in [0.25, 0.3) is 0 Å². The average Bonchev–Trinajstić information content (AvgIpc) is 2.65. The van der Waals surface area contributed by atoms with E-state index in [1.165, 1.54) is 5.57 Å². The first-order valence-electron chi connectivity index (χ1n) is 5.08. The summed E-state index contributed by atoms with van der Waals surface area (Å²) in [5, 5.41) is 7.44. The molecule has 1 aromatic heterocycles. The molecule has 0 amide bonds. The minimum Gasteiger partial charge on any atom is -0.469 e. The number of nitrogens with zero attached hydrogens (tertiary/aromatic N) is 1. The molecule has 0 aromatic carbocycles. The maximum Gasteiger partial charge on any atom is 0.118 e. The number of hydrogen-bond donors (Lipinski definition) is 1. The minimum atomic E-state index is 0.332. The zero-order valence-corrected chi connectivity index (χ0v) is 9.00. The van der Waals surface area contributed by atoms with Crippen molar-refractivity contribution in [2.24, 2.45) is 4.99 Å².